The first-order valence-electron chi connectivity index (χ1n) is 6.78. The van der Waals surface area contributed by atoms with Crippen molar-refractivity contribution < 1.29 is 13.2 Å². The molecule has 0 saturated carbocycles. The van der Waals surface area contributed by atoms with Gasteiger partial charge in [-0.3, -0.25) is 0 Å². The van der Waals surface area contributed by atoms with Crippen LogP contribution in [0.15, 0.2) is 30.6 Å². The van der Waals surface area contributed by atoms with Crippen LogP contribution < -0.4 is 10.6 Å². The standard InChI is InChI=1S/C15H16ClF3N4/c1-14(2,3)23-13-7-12(20-8-21-13)22-9-4-5-11(16)10(6-9)15(17,18)19/h4-8H,1-3H3,(H2,20,21,22,23). The minimum atomic E-state index is -4.51. The van der Waals surface area contributed by atoms with Crippen LogP contribution in [0.1, 0.15) is 26.3 Å². The first-order chi connectivity index (χ1) is 10.5. The molecule has 2 rings (SSSR count). The monoisotopic (exact) mass is 344 g/mol. The molecular weight excluding hydrogens is 329 g/mol. The summed E-state index contributed by atoms with van der Waals surface area (Å²) in [5.41, 5.74) is -0.858. The van der Waals surface area contributed by atoms with Gasteiger partial charge in [-0.15, -0.1) is 0 Å². The predicted molar refractivity (Wildman–Crippen MR) is 85.1 cm³/mol. The molecule has 0 spiro atoms. The summed E-state index contributed by atoms with van der Waals surface area (Å²) in [7, 11) is 0. The van der Waals surface area contributed by atoms with E-state index in [0.29, 0.717) is 11.6 Å². The number of alkyl halides is 3. The molecule has 1 aromatic carbocycles. The number of rotatable bonds is 3. The molecule has 0 saturated heterocycles. The van der Waals surface area contributed by atoms with Crippen LogP contribution in [0, 0.1) is 0 Å². The smallest absolute Gasteiger partial charge is 0.365 e. The van der Waals surface area contributed by atoms with E-state index in [0.717, 1.165) is 6.07 Å². The molecule has 1 aromatic heterocycles. The summed E-state index contributed by atoms with van der Waals surface area (Å²) in [6, 6.07) is 5.22. The van der Waals surface area contributed by atoms with Crippen molar-refractivity contribution in [2.75, 3.05) is 10.6 Å². The lowest BCUT2D eigenvalue weighted by Gasteiger charge is -2.21. The van der Waals surface area contributed by atoms with E-state index in [1.54, 1.807) is 6.07 Å². The fourth-order valence-electron chi connectivity index (χ4n) is 1.85. The Bertz CT molecular complexity index is 696. The first kappa shape index (κ1) is 17.3. The SMILES string of the molecule is CC(C)(C)Nc1cc(Nc2ccc(Cl)c(C(F)(F)F)c2)ncn1. The summed E-state index contributed by atoms with van der Waals surface area (Å²) < 4.78 is 38.6. The number of nitrogens with zero attached hydrogens (tertiary/aromatic N) is 2. The van der Waals surface area contributed by atoms with E-state index in [-0.39, 0.29) is 16.2 Å². The van der Waals surface area contributed by atoms with Gasteiger partial charge >= 0.3 is 6.18 Å². The molecule has 4 nitrogen and oxygen atoms in total. The molecule has 8 heteroatoms. The minimum Gasteiger partial charge on any atom is -0.365 e. The van der Waals surface area contributed by atoms with Crippen molar-refractivity contribution in [3.8, 4) is 0 Å². The third kappa shape index (κ3) is 4.99. The van der Waals surface area contributed by atoms with Crippen molar-refractivity contribution in [3.63, 3.8) is 0 Å². The molecule has 124 valence electrons. The second-order valence-electron chi connectivity index (χ2n) is 5.98. The van der Waals surface area contributed by atoms with E-state index in [4.69, 9.17) is 11.6 Å². The van der Waals surface area contributed by atoms with Crippen LogP contribution in [0.5, 0.6) is 0 Å². The Labute approximate surface area is 137 Å². The Morgan fingerprint density at radius 1 is 1.00 bits per heavy atom. The first-order valence-corrected chi connectivity index (χ1v) is 7.16. The van der Waals surface area contributed by atoms with Gasteiger partial charge in [0.05, 0.1) is 10.6 Å². The second kappa shape index (κ2) is 6.23. The van der Waals surface area contributed by atoms with Gasteiger partial charge in [-0.2, -0.15) is 13.2 Å². The Kier molecular flexibility index (Phi) is 4.70. The number of benzene rings is 1. The van der Waals surface area contributed by atoms with Crippen LogP contribution in [0.4, 0.5) is 30.5 Å². The predicted octanol–water partition coefficient (Wildman–Crippen LogP) is 5.10. The van der Waals surface area contributed by atoms with Crippen molar-refractivity contribution in [1.82, 2.24) is 9.97 Å². The molecule has 0 aliphatic rings. The largest absolute Gasteiger partial charge is 0.417 e. The van der Waals surface area contributed by atoms with Crippen LogP contribution in [0.3, 0.4) is 0 Å². The van der Waals surface area contributed by atoms with E-state index < -0.39 is 11.7 Å². The van der Waals surface area contributed by atoms with E-state index in [1.807, 2.05) is 20.8 Å². The molecule has 0 fully saturated rings. The van der Waals surface area contributed by atoms with Crippen molar-refractivity contribution in [2.45, 2.75) is 32.5 Å². The molecule has 0 atom stereocenters. The third-order valence-corrected chi connectivity index (χ3v) is 3.04. The number of hydrogen-bond acceptors (Lipinski definition) is 4. The zero-order valence-corrected chi connectivity index (χ0v) is 13.5. The molecule has 0 amide bonds. The van der Waals surface area contributed by atoms with Crippen molar-refractivity contribution in [1.29, 1.82) is 0 Å². The van der Waals surface area contributed by atoms with Gasteiger partial charge in [0, 0.05) is 17.3 Å². The van der Waals surface area contributed by atoms with Gasteiger partial charge in [0.1, 0.15) is 18.0 Å². The average Bonchev–Trinajstić information content (AvgIpc) is 2.38. The van der Waals surface area contributed by atoms with Crippen molar-refractivity contribution in [3.05, 3.63) is 41.2 Å². The highest BCUT2D eigenvalue weighted by Gasteiger charge is 2.33. The average molecular weight is 345 g/mol. The molecule has 2 aromatic rings. The van der Waals surface area contributed by atoms with Crippen LogP contribution >= 0.6 is 11.6 Å². The van der Waals surface area contributed by atoms with Gasteiger partial charge in [0.2, 0.25) is 0 Å². The lowest BCUT2D eigenvalue weighted by atomic mass is 10.1. The maximum Gasteiger partial charge on any atom is 0.417 e. The molecule has 0 aliphatic heterocycles. The van der Waals surface area contributed by atoms with Crippen LogP contribution in [0.2, 0.25) is 5.02 Å². The molecule has 1 heterocycles. The highest BCUT2D eigenvalue weighted by atomic mass is 35.5. The number of anilines is 3. The fraction of sp³-hybridized carbons (Fsp3) is 0.333. The Balaban J connectivity index is 2.25. The number of nitrogens with one attached hydrogen (secondary N) is 2. The lowest BCUT2D eigenvalue weighted by molar-refractivity contribution is -0.137. The molecule has 0 radical (unpaired) electrons. The quantitative estimate of drug-likeness (QED) is 0.813. The van der Waals surface area contributed by atoms with Crippen LogP contribution in [0.25, 0.3) is 0 Å². The van der Waals surface area contributed by atoms with E-state index in [2.05, 4.69) is 20.6 Å². The number of aromatic nitrogens is 2. The van der Waals surface area contributed by atoms with Crippen LogP contribution in [-0.2, 0) is 6.18 Å². The highest BCUT2D eigenvalue weighted by molar-refractivity contribution is 6.31. The topological polar surface area (TPSA) is 49.8 Å². The minimum absolute atomic E-state index is 0.199. The van der Waals surface area contributed by atoms with Crippen LogP contribution in [-0.4, -0.2) is 15.5 Å². The summed E-state index contributed by atoms with van der Waals surface area (Å²) in [5, 5.41) is 5.63. The fourth-order valence-corrected chi connectivity index (χ4v) is 2.07. The number of halogens is 4. The third-order valence-electron chi connectivity index (χ3n) is 2.71. The lowest BCUT2D eigenvalue weighted by Crippen LogP contribution is -2.26. The molecule has 0 aliphatic carbocycles. The summed E-state index contributed by atoms with van der Waals surface area (Å²) >= 11 is 5.60. The van der Waals surface area contributed by atoms with Gasteiger partial charge in [-0.1, -0.05) is 11.6 Å². The normalized spacial score (nSPS) is 12.1. The molecule has 23 heavy (non-hydrogen) atoms. The molecule has 2 N–H and O–H groups in total. The zero-order chi connectivity index (χ0) is 17.3. The summed E-state index contributed by atoms with van der Waals surface area (Å²) in [6.07, 6.45) is -3.18. The molecule has 0 bridgehead atoms. The zero-order valence-electron chi connectivity index (χ0n) is 12.8. The Morgan fingerprint density at radius 3 is 2.26 bits per heavy atom. The summed E-state index contributed by atoms with van der Waals surface area (Å²) in [5.74, 6) is 0.946. The second-order valence-corrected chi connectivity index (χ2v) is 6.39. The van der Waals surface area contributed by atoms with E-state index >= 15 is 0 Å². The van der Waals surface area contributed by atoms with Gasteiger partial charge in [-0.05, 0) is 39.0 Å². The Hall–Kier alpha value is -2.02. The van der Waals surface area contributed by atoms with Gasteiger partial charge in [-0.25, -0.2) is 9.97 Å². The van der Waals surface area contributed by atoms with Gasteiger partial charge < -0.3 is 10.6 Å². The molecule has 0 unspecified atom stereocenters. The number of hydrogen-bond donors (Lipinski definition) is 2. The van der Waals surface area contributed by atoms with Crippen molar-refractivity contribution in [2.24, 2.45) is 0 Å². The summed E-state index contributed by atoms with van der Waals surface area (Å²) in [6.45, 7) is 5.91. The van der Waals surface area contributed by atoms with Crippen molar-refractivity contribution >= 4 is 28.9 Å². The molecular formula is C15H16ClF3N4. The highest BCUT2D eigenvalue weighted by Crippen LogP contribution is 2.36. The van der Waals surface area contributed by atoms with Gasteiger partial charge in [0.25, 0.3) is 0 Å². The van der Waals surface area contributed by atoms with E-state index in [9.17, 15) is 13.2 Å². The van der Waals surface area contributed by atoms with E-state index in [1.165, 1.54) is 18.5 Å². The maximum atomic E-state index is 12.9. The maximum absolute atomic E-state index is 12.9. The Morgan fingerprint density at radius 2 is 1.65 bits per heavy atom. The van der Waals surface area contributed by atoms with Gasteiger partial charge in [0.15, 0.2) is 0 Å². The summed E-state index contributed by atoms with van der Waals surface area (Å²) in [4.78, 5) is 8.08.